The first-order chi connectivity index (χ1) is 9.93. The molecule has 6 heteroatoms. The van der Waals surface area contributed by atoms with Crippen LogP contribution in [0.3, 0.4) is 0 Å². The number of carbonyl (C=O) groups is 1. The maximum atomic E-state index is 12.3. The van der Waals surface area contributed by atoms with Crippen molar-refractivity contribution in [3.63, 3.8) is 0 Å². The maximum Gasteiger partial charge on any atom is 0.253 e. The fourth-order valence-electron chi connectivity index (χ4n) is 2.30. The first kappa shape index (κ1) is 15.5. The van der Waals surface area contributed by atoms with Gasteiger partial charge < -0.3 is 10.6 Å². The summed E-state index contributed by atoms with van der Waals surface area (Å²) in [6.45, 7) is 0.291. The molecule has 0 spiro atoms. The highest BCUT2D eigenvalue weighted by atomic mass is 32.2. The van der Waals surface area contributed by atoms with Crippen LogP contribution in [0, 0.1) is 11.8 Å². The minimum absolute atomic E-state index is 0.0509. The molecule has 2 rings (SSSR count). The number of benzene rings is 1. The largest absolute Gasteiger partial charge is 0.338 e. The molecule has 1 atom stereocenters. The monoisotopic (exact) mass is 306 g/mol. The van der Waals surface area contributed by atoms with E-state index in [1.165, 1.54) is 4.90 Å². The topological polar surface area (TPSA) is 80.5 Å². The lowest BCUT2D eigenvalue weighted by molar-refractivity contribution is 0.0747. The van der Waals surface area contributed by atoms with Crippen LogP contribution in [-0.4, -0.2) is 50.4 Å². The van der Waals surface area contributed by atoms with E-state index in [1.807, 2.05) is 0 Å². The summed E-state index contributed by atoms with van der Waals surface area (Å²) in [5.74, 6) is 5.67. The molecule has 1 aromatic carbocycles. The molecule has 1 amide bonds. The summed E-state index contributed by atoms with van der Waals surface area (Å²) in [5, 5.41) is 0. The summed E-state index contributed by atoms with van der Waals surface area (Å²) in [6.07, 6.45) is 0.505. The second-order valence-electron chi connectivity index (χ2n) is 5.06. The number of hydrogen-bond acceptors (Lipinski definition) is 4. The molecule has 2 N–H and O–H groups in total. The number of nitrogens with zero attached hydrogens (tertiary/aromatic N) is 1. The lowest BCUT2D eigenvalue weighted by atomic mass is 10.1. The molecule has 0 aromatic heterocycles. The van der Waals surface area contributed by atoms with E-state index in [-0.39, 0.29) is 23.5 Å². The van der Waals surface area contributed by atoms with E-state index in [4.69, 9.17) is 5.73 Å². The van der Waals surface area contributed by atoms with E-state index < -0.39 is 9.84 Å². The number of rotatable bonds is 2. The Labute approximate surface area is 125 Å². The lowest BCUT2D eigenvalue weighted by Gasteiger charge is -2.23. The van der Waals surface area contributed by atoms with Gasteiger partial charge >= 0.3 is 0 Å². The average Bonchev–Trinajstić information content (AvgIpc) is 2.84. The normalized spacial score (nSPS) is 19.6. The predicted molar refractivity (Wildman–Crippen MR) is 81.5 cm³/mol. The SMILES string of the molecule is CN(C(=O)c1ccc(C#CCN)cc1)C1CCS(=O)(=O)C1. The van der Waals surface area contributed by atoms with Crippen molar-refractivity contribution >= 4 is 15.7 Å². The van der Waals surface area contributed by atoms with Gasteiger partial charge in [0.05, 0.1) is 18.1 Å². The summed E-state index contributed by atoms with van der Waals surface area (Å²) in [4.78, 5) is 13.9. The van der Waals surface area contributed by atoms with Crippen LogP contribution in [0.25, 0.3) is 0 Å². The molecule has 1 saturated heterocycles. The van der Waals surface area contributed by atoms with Gasteiger partial charge in [0.2, 0.25) is 0 Å². The molecule has 0 bridgehead atoms. The molecule has 1 aromatic rings. The Morgan fingerprint density at radius 2 is 2.05 bits per heavy atom. The van der Waals surface area contributed by atoms with Crippen LogP contribution in [-0.2, 0) is 9.84 Å². The third kappa shape index (κ3) is 3.84. The van der Waals surface area contributed by atoms with Gasteiger partial charge in [-0.25, -0.2) is 8.42 Å². The predicted octanol–water partition coefficient (Wildman–Crippen LogP) is 0.256. The summed E-state index contributed by atoms with van der Waals surface area (Å²) in [5.41, 5.74) is 6.62. The maximum absolute atomic E-state index is 12.3. The van der Waals surface area contributed by atoms with Crippen molar-refractivity contribution in [2.45, 2.75) is 12.5 Å². The smallest absolute Gasteiger partial charge is 0.253 e. The highest BCUT2D eigenvalue weighted by molar-refractivity contribution is 7.91. The fourth-order valence-corrected chi connectivity index (χ4v) is 4.07. The van der Waals surface area contributed by atoms with E-state index in [9.17, 15) is 13.2 Å². The van der Waals surface area contributed by atoms with E-state index in [0.29, 0.717) is 18.5 Å². The molecular weight excluding hydrogens is 288 g/mol. The van der Waals surface area contributed by atoms with Crippen molar-refractivity contribution < 1.29 is 13.2 Å². The summed E-state index contributed by atoms with van der Waals surface area (Å²) in [6, 6.07) is 6.68. The molecule has 112 valence electrons. The van der Waals surface area contributed by atoms with E-state index in [0.717, 1.165) is 5.56 Å². The summed E-state index contributed by atoms with van der Waals surface area (Å²) < 4.78 is 23.0. The van der Waals surface area contributed by atoms with Gasteiger partial charge in [-0.15, -0.1) is 0 Å². The molecule has 0 radical (unpaired) electrons. The molecule has 0 saturated carbocycles. The third-order valence-corrected chi connectivity index (χ3v) is 5.29. The van der Waals surface area contributed by atoms with Crippen molar-refractivity contribution in [1.82, 2.24) is 4.90 Å². The highest BCUT2D eigenvalue weighted by Crippen LogP contribution is 2.18. The van der Waals surface area contributed by atoms with Crippen LogP contribution in [0.5, 0.6) is 0 Å². The zero-order chi connectivity index (χ0) is 15.5. The first-order valence-electron chi connectivity index (χ1n) is 6.69. The Kier molecular flexibility index (Phi) is 4.66. The van der Waals surface area contributed by atoms with Crippen molar-refractivity contribution in [2.24, 2.45) is 5.73 Å². The van der Waals surface area contributed by atoms with Crippen LogP contribution in [0.1, 0.15) is 22.3 Å². The van der Waals surface area contributed by atoms with Gasteiger partial charge in [0, 0.05) is 24.2 Å². The average molecular weight is 306 g/mol. The van der Waals surface area contributed by atoms with Gasteiger partial charge in [0.25, 0.3) is 5.91 Å². The highest BCUT2D eigenvalue weighted by Gasteiger charge is 2.32. The molecule has 1 aliphatic rings. The van der Waals surface area contributed by atoms with Gasteiger partial charge in [-0.2, -0.15) is 0 Å². The summed E-state index contributed by atoms with van der Waals surface area (Å²) in [7, 11) is -1.35. The lowest BCUT2D eigenvalue weighted by Crippen LogP contribution is -2.37. The van der Waals surface area contributed by atoms with Crippen LogP contribution >= 0.6 is 0 Å². The first-order valence-corrected chi connectivity index (χ1v) is 8.51. The fraction of sp³-hybridized carbons (Fsp3) is 0.400. The Hall–Kier alpha value is -1.84. The molecule has 21 heavy (non-hydrogen) atoms. The van der Waals surface area contributed by atoms with Gasteiger partial charge in [0.15, 0.2) is 9.84 Å². The number of hydrogen-bond donors (Lipinski definition) is 1. The minimum Gasteiger partial charge on any atom is -0.338 e. The molecule has 1 heterocycles. The molecule has 0 aliphatic carbocycles. The molecule has 1 unspecified atom stereocenters. The number of nitrogens with two attached hydrogens (primary N) is 1. The van der Waals surface area contributed by atoms with E-state index in [2.05, 4.69) is 11.8 Å². The Morgan fingerprint density at radius 1 is 1.38 bits per heavy atom. The zero-order valence-electron chi connectivity index (χ0n) is 11.9. The Morgan fingerprint density at radius 3 is 2.57 bits per heavy atom. The van der Waals surface area contributed by atoms with Crippen LogP contribution in [0.4, 0.5) is 0 Å². The van der Waals surface area contributed by atoms with Crippen molar-refractivity contribution in [3.8, 4) is 11.8 Å². The van der Waals surface area contributed by atoms with Crippen molar-refractivity contribution in [1.29, 1.82) is 0 Å². The Bertz CT molecular complexity index is 684. The minimum atomic E-state index is -3.00. The van der Waals surface area contributed by atoms with Gasteiger partial charge in [-0.3, -0.25) is 4.79 Å². The van der Waals surface area contributed by atoms with Crippen LogP contribution in [0.15, 0.2) is 24.3 Å². The van der Waals surface area contributed by atoms with Gasteiger partial charge in [0.1, 0.15) is 0 Å². The number of carbonyl (C=O) groups excluding carboxylic acids is 1. The number of amides is 1. The van der Waals surface area contributed by atoms with Gasteiger partial charge in [-0.05, 0) is 30.7 Å². The van der Waals surface area contributed by atoms with Gasteiger partial charge in [-0.1, -0.05) is 11.8 Å². The number of sulfone groups is 1. The van der Waals surface area contributed by atoms with Crippen LogP contribution in [0.2, 0.25) is 0 Å². The quantitative estimate of drug-likeness (QED) is 0.795. The standard InChI is InChI=1S/C15H18N2O3S/c1-17(14-8-10-21(19,20)11-14)15(18)13-6-4-12(5-7-13)3-2-9-16/h4-7,14H,8-11,16H2,1H3. The molecular formula is C15H18N2O3S. The molecule has 1 aliphatic heterocycles. The molecule has 1 fully saturated rings. The molecule has 5 nitrogen and oxygen atoms in total. The third-order valence-electron chi connectivity index (χ3n) is 3.54. The Balaban J connectivity index is 2.09. The van der Waals surface area contributed by atoms with Crippen molar-refractivity contribution in [3.05, 3.63) is 35.4 Å². The second-order valence-corrected chi connectivity index (χ2v) is 7.28. The van der Waals surface area contributed by atoms with Crippen LogP contribution < -0.4 is 5.73 Å². The van der Waals surface area contributed by atoms with Crippen molar-refractivity contribution in [2.75, 3.05) is 25.1 Å². The zero-order valence-corrected chi connectivity index (χ0v) is 12.7. The second kappa shape index (κ2) is 6.29. The van der Waals surface area contributed by atoms with E-state index in [1.54, 1.807) is 31.3 Å². The van der Waals surface area contributed by atoms with E-state index >= 15 is 0 Å². The summed E-state index contributed by atoms with van der Waals surface area (Å²) >= 11 is 0.